The third kappa shape index (κ3) is 4.84. The summed E-state index contributed by atoms with van der Waals surface area (Å²) in [6.45, 7) is 3.97. The molecule has 7 nitrogen and oxygen atoms in total. The minimum Gasteiger partial charge on any atom is -0.493 e. The number of rotatable bonds is 8. The lowest BCUT2D eigenvalue weighted by atomic mass is 10.1. The summed E-state index contributed by atoms with van der Waals surface area (Å²) in [7, 11) is 1.51. The van der Waals surface area contributed by atoms with Crippen LogP contribution in [-0.2, 0) is 6.54 Å². The van der Waals surface area contributed by atoms with E-state index in [-0.39, 0.29) is 24.6 Å². The topological polar surface area (TPSA) is 77.7 Å². The van der Waals surface area contributed by atoms with E-state index in [1.807, 2.05) is 26.0 Å². The molecule has 0 bridgehead atoms. The van der Waals surface area contributed by atoms with E-state index < -0.39 is 0 Å². The number of halogens is 2. The predicted octanol–water partition coefficient (Wildman–Crippen LogP) is 5.64. The fourth-order valence-corrected chi connectivity index (χ4v) is 3.79. The van der Waals surface area contributed by atoms with Gasteiger partial charge in [0.05, 0.1) is 35.4 Å². The van der Waals surface area contributed by atoms with E-state index in [2.05, 4.69) is 10.2 Å². The molecule has 1 aliphatic rings. The van der Waals surface area contributed by atoms with E-state index >= 15 is 0 Å². The monoisotopic (exact) mass is 475 g/mol. The maximum absolute atomic E-state index is 13.4. The van der Waals surface area contributed by atoms with Crippen LogP contribution in [0.25, 0.3) is 11.5 Å². The zero-order valence-corrected chi connectivity index (χ0v) is 19.5. The zero-order valence-electron chi connectivity index (χ0n) is 18.0. The van der Waals surface area contributed by atoms with Crippen LogP contribution in [0.15, 0.2) is 40.8 Å². The fraction of sp³-hybridized carbons (Fsp3) is 0.348. The van der Waals surface area contributed by atoms with Crippen LogP contribution in [0.5, 0.6) is 11.5 Å². The Labute approximate surface area is 196 Å². The largest absolute Gasteiger partial charge is 0.493 e. The van der Waals surface area contributed by atoms with E-state index in [0.717, 1.165) is 12.8 Å². The standard InChI is InChI=1S/C23H23Cl2N3O4/c1-13(2)31-21-18(25)10-14(11-19(21)30-3)23(29)28(15-8-9-15)12-20-26-27-22(32-20)16-6-4-5-7-17(16)24/h4-7,10-11,13,15H,8-9,12H2,1-3H3. The Kier molecular flexibility index (Phi) is 6.58. The number of ether oxygens (including phenoxy) is 2. The molecule has 0 atom stereocenters. The summed E-state index contributed by atoms with van der Waals surface area (Å²) in [4.78, 5) is 15.1. The average molecular weight is 476 g/mol. The molecule has 1 amide bonds. The van der Waals surface area contributed by atoms with Crippen LogP contribution in [0.1, 0.15) is 42.9 Å². The minimum absolute atomic E-state index is 0.0873. The van der Waals surface area contributed by atoms with Crippen molar-refractivity contribution in [2.75, 3.05) is 7.11 Å². The summed E-state index contributed by atoms with van der Waals surface area (Å²) in [5.41, 5.74) is 1.05. The number of carbonyl (C=O) groups is 1. The first-order valence-corrected chi connectivity index (χ1v) is 11.1. The quantitative estimate of drug-likeness (QED) is 0.419. The molecule has 1 aromatic heterocycles. The van der Waals surface area contributed by atoms with Crippen molar-refractivity contribution in [2.24, 2.45) is 0 Å². The Morgan fingerprint density at radius 3 is 2.59 bits per heavy atom. The molecule has 0 unspecified atom stereocenters. The smallest absolute Gasteiger partial charge is 0.254 e. The molecule has 0 aliphatic heterocycles. The SMILES string of the molecule is COc1cc(C(=O)N(Cc2nnc(-c3ccccc3Cl)o2)C2CC2)cc(Cl)c1OC(C)C. The van der Waals surface area contributed by atoms with E-state index in [0.29, 0.717) is 44.5 Å². The van der Waals surface area contributed by atoms with Crippen LogP contribution in [-0.4, -0.2) is 40.3 Å². The first-order chi connectivity index (χ1) is 15.4. The highest BCUT2D eigenvalue weighted by molar-refractivity contribution is 6.33. The normalized spacial score (nSPS) is 13.3. The summed E-state index contributed by atoms with van der Waals surface area (Å²) in [6, 6.07) is 10.6. The summed E-state index contributed by atoms with van der Waals surface area (Å²) in [6.07, 6.45) is 1.74. The van der Waals surface area contributed by atoms with Crippen LogP contribution < -0.4 is 9.47 Å². The molecule has 2 aromatic carbocycles. The Bertz CT molecular complexity index is 1130. The van der Waals surface area contributed by atoms with Gasteiger partial charge >= 0.3 is 0 Å². The molecule has 4 rings (SSSR count). The second-order valence-corrected chi connectivity index (χ2v) is 8.62. The first kappa shape index (κ1) is 22.4. The summed E-state index contributed by atoms with van der Waals surface area (Å²) in [5, 5.41) is 9.05. The lowest BCUT2D eigenvalue weighted by Crippen LogP contribution is -2.32. The predicted molar refractivity (Wildman–Crippen MR) is 121 cm³/mol. The van der Waals surface area contributed by atoms with Gasteiger partial charge in [0.15, 0.2) is 11.5 Å². The fourth-order valence-electron chi connectivity index (χ4n) is 3.32. The van der Waals surface area contributed by atoms with Gasteiger partial charge in [-0.25, -0.2) is 0 Å². The molecule has 32 heavy (non-hydrogen) atoms. The van der Waals surface area contributed by atoms with E-state index in [4.69, 9.17) is 37.1 Å². The molecule has 168 valence electrons. The van der Waals surface area contributed by atoms with E-state index in [1.165, 1.54) is 7.11 Å². The highest BCUT2D eigenvalue weighted by Gasteiger charge is 2.35. The molecule has 1 fully saturated rings. The van der Waals surface area contributed by atoms with Gasteiger partial charge in [-0.1, -0.05) is 35.3 Å². The summed E-state index contributed by atoms with van der Waals surface area (Å²) >= 11 is 12.6. The van der Waals surface area contributed by atoms with Crippen LogP contribution >= 0.6 is 23.2 Å². The van der Waals surface area contributed by atoms with Gasteiger partial charge in [0.25, 0.3) is 5.91 Å². The van der Waals surface area contributed by atoms with Crippen LogP contribution in [0, 0.1) is 0 Å². The van der Waals surface area contributed by atoms with Gasteiger partial charge in [0, 0.05) is 11.6 Å². The van der Waals surface area contributed by atoms with Gasteiger partial charge in [0.1, 0.15) is 0 Å². The Morgan fingerprint density at radius 2 is 1.94 bits per heavy atom. The van der Waals surface area contributed by atoms with E-state index in [1.54, 1.807) is 29.2 Å². The van der Waals surface area contributed by atoms with Gasteiger partial charge in [0.2, 0.25) is 11.8 Å². The highest BCUT2D eigenvalue weighted by atomic mass is 35.5. The maximum atomic E-state index is 13.4. The zero-order chi connectivity index (χ0) is 22.8. The van der Waals surface area contributed by atoms with Crippen molar-refractivity contribution in [1.29, 1.82) is 0 Å². The van der Waals surface area contributed by atoms with Crippen molar-refractivity contribution in [1.82, 2.24) is 15.1 Å². The number of hydrogen-bond acceptors (Lipinski definition) is 6. The lowest BCUT2D eigenvalue weighted by molar-refractivity contribution is 0.0714. The second-order valence-electron chi connectivity index (χ2n) is 7.80. The molecule has 1 heterocycles. The molecule has 0 radical (unpaired) electrons. The van der Waals surface area contributed by atoms with Crippen molar-refractivity contribution >= 4 is 29.1 Å². The molecule has 0 spiro atoms. The Hall–Kier alpha value is -2.77. The number of amides is 1. The number of nitrogens with zero attached hydrogens (tertiary/aromatic N) is 3. The van der Waals surface area contributed by atoms with Crippen LogP contribution in [0.2, 0.25) is 10.0 Å². The third-order valence-corrected chi connectivity index (χ3v) is 5.57. The molecular formula is C23H23Cl2N3O4. The van der Waals surface area contributed by atoms with Crippen LogP contribution in [0.3, 0.4) is 0 Å². The molecular weight excluding hydrogens is 453 g/mol. The summed E-state index contributed by atoms with van der Waals surface area (Å²) < 4.78 is 17.0. The first-order valence-electron chi connectivity index (χ1n) is 10.3. The second kappa shape index (κ2) is 9.38. The molecule has 0 N–H and O–H groups in total. The molecule has 9 heteroatoms. The molecule has 1 aliphatic carbocycles. The van der Waals surface area contributed by atoms with Crippen molar-refractivity contribution in [2.45, 2.75) is 45.4 Å². The highest BCUT2D eigenvalue weighted by Crippen LogP contribution is 2.38. The van der Waals surface area contributed by atoms with E-state index in [9.17, 15) is 4.79 Å². The lowest BCUT2D eigenvalue weighted by Gasteiger charge is -2.22. The number of hydrogen-bond donors (Lipinski definition) is 0. The van der Waals surface area contributed by atoms with Gasteiger partial charge < -0.3 is 18.8 Å². The summed E-state index contributed by atoms with van der Waals surface area (Å²) in [5.74, 6) is 1.28. The van der Waals surface area contributed by atoms with Gasteiger partial charge in [-0.2, -0.15) is 0 Å². The van der Waals surface area contributed by atoms with Crippen molar-refractivity contribution in [3.05, 3.63) is 57.9 Å². The molecule has 3 aromatic rings. The number of aromatic nitrogens is 2. The Balaban J connectivity index is 1.58. The average Bonchev–Trinajstić information content (AvgIpc) is 3.50. The van der Waals surface area contributed by atoms with Crippen molar-refractivity contribution in [3.8, 4) is 23.0 Å². The number of benzene rings is 2. The molecule has 0 saturated heterocycles. The Morgan fingerprint density at radius 1 is 1.19 bits per heavy atom. The van der Waals surface area contributed by atoms with Gasteiger partial charge in [-0.15, -0.1) is 10.2 Å². The third-order valence-electron chi connectivity index (χ3n) is 4.96. The number of methoxy groups -OCH3 is 1. The molecule has 1 saturated carbocycles. The van der Waals surface area contributed by atoms with Crippen molar-refractivity contribution < 1.29 is 18.7 Å². The minimum atomic E-state index is -0.193. The van der Waals surface area contributed by atoms with Crippen LogP contribution in [0.4, 0.5) is 0 Å². The maximum Gasteiger partial charge on any atom is 0.254 e. The van der Waals surface area contributed by atoms with Crippen molar-refractivity contribution in [3.63, 3.8) is 0 Å². The van der Waals surface area contributed by atoms with Gasteiger partial charge in [-0.05, 0) is 51.0 Å². The van der Waals surface area contributed by atoms with Gasteiger partial charge in [-0.3, -0.25) is 4.79 Å². The number of carbonyl (C=O) groups excluding carboxylic acids is 1.